The molecule has 1 aliphatic carbocycles. The van der Waals surface area contributed by atoms with Gasteiger partial charge >= 0.3 is 0 Å². The number of benzene rings is 2. The highest BCUT2D eigenvalue weighted by molar-refractivity contribution is 6.06. The predicted molar refractivity (Wildman–Crippen MR) is 101 cm³/mol. The van der Waals surface area contributed by atoms with E-state index in [2.05, 4.69) is 5.32 Å². The van der Waals surface area contributed by atoms with Gasteiger partial charge in [-0.25, -0.2) is 0 Å². The van der Waals surface area contributed by atoms with Crippen LogP contribution < -0.4 is 10.1 Å². The van der Waals surface area contributed by atoms with Crippen molar-refractivity contribution < 1.29 is 14.3 Å². The van der Waals surface area contributed by atoms with Crippen molar-refractivity contribution in [3.05, 3.63) is 36.4 Å². The van der Waals surface area contributed by atoms with E-state index in [1.165, 1.54) is 6.42 Å². The van der Waals surface area contributed by atoms with Gasteiger partial charge in [0.2, 0.25) is 0 Å². The van der Waals surface area contributed by atoms with Crippen LogP contribution in [0.4, 0.5) is 5.69 Å². The summed E-state index contributed by atoms with van der Waals surface area (Å²) >= 11 is 0. The monoisotopic (exact) mass is 341 g/mol. The standard InChI is InChI=1S/C21H27NO3/c1-3-24-19-13-12-18(16-10-6-7-11-17(16)19)22-20(23)21(25-4-2)14-8-5-9-15-21/h6-7,10-13H,3-5,8-9,14-15H2,1-2H3,(H,22,23). The molecule has 0 saturated heterocycles. The number of amides is 1. The van der Waals surface area contributed by atoms with Gasteiger partial charge in [0.25, 0.3) is 5.91 Å². The summed E-state index contributed by atoms with van der Waals surface area (Å²) in [5.41, 5.74) is 0.126. The van der Waals surface area contributed by atoms with Crippen LogP contribution in [0.2, 0.25) is 0 Å². The Morgan fingerprint density at radius 1 is 1.00 bits per heavy atom. The molecule has 0 spiro atoms. The van der Waals surface area contributed by atoms with E-state index >= 15 is 0 Å². The fraction of sp³-hybridized carbons (Fsp3) is 0.476. The number of carbonyl (C=O) groups excluding carboxylic acids is 1. The zero-order chi connectivity index (χ0) is 17.7. The maximum Gasteiger partial charge on any atom is 0.256 e. The molecule has 1 amide bonds. The molecule has 4 heteroatoms. The van der Waals surface area contributed by atoms with Gasteiger partial charge in [-0.2, -0.15) is 0 Å². The van der Waals surface area contributed by atoms with E-state index in [1.54, 1.807) is 0 Å². The Kier molecular flexibility index (Phi) is 5.59. The summed E-state index contributed by atoms with van der Waals surface area (Å²) in [6.07, 6.45) is 4.84. The van der Waals surface area contributed by atoms with Crippen molar-refractivity contribution >= 4 is 22.4 Å². The zero-order valence-electron chi connectivity index (χ0n) is 15.1. The van der Waals surface area contributed by atoms with Gasteiger partial charge in [0.15, 0.2) is 0 Å². The molecule has 0 radical (unpaired) electrons. The van der Waals surface area contributed by atoms with E-state index in [0.717, 1.165) is 47.9 Å². The molecule has 0 unspecified atom stereocenters. The first-order chi connectivity index (χ1) is 12.2. The largest absolute Gasteiger partial charge is 0.493 e. The van der Waals surface area contributed by atoms with Gasteiger partial charge in [0.1, 0.15) is 11.4 Å². The third-order valence-corrected chi connectivity index (χ3v) is 4.93. The second kappa shape index (κ2) is 7.87. The highest BCUT2D eigenvalue weighted by Gasteiger charge is 2.40. The molecule has 0 aromatic heterocycles. The molecule has 0 heterocycles. The van der Waals surface area contributed by atoms with E-state index < -0.39 is 5.60 Å². The van der Waals surface area contributed by atoms with Crippen molar-refractivity contribution in [1.82, 2.24) is 0 Å². The average molecular weight is 341 g/mol. The molecular formula is C21H27NO3. The van der Waals surface area contributed by atoms with Gasteiger partial charge in [-0.3, -0.25) is 4.79 Å². The van der Waals surface area contributed by atoms with Crippen molar-refractivity contribution in [2.75, 3.05) is 18.5 Å². The summed E-state index contributed by atoms with van der Waals surface area (Å²) in [4.78, 5) is 13.1. The van der Waals surface area contributed by atoms with Crippen molar-refractivity contribution in [3.63, 3.8) is 0 Å². The van der Waals surface area contributed by atoms with Crippen LogP contribution in [0.15, 0.2) is 36.4 Å². The van der Waals surface area contributed by atoms with Crippen LogP contribution in [-0.4, -0.2) is 24.7 Å². The molecular weight excluding hydrogens is 314 g/mol. The summed E-state index contributed by atoms with van der Waals surface area (Å²) in [5.74, 6) is 0.816. The first kappa shape index (κ1) is 17.7. The third-order valence-electron chi connectivity index (χ3n) is 4.93. The summed E-state index contributed by atoms with van der Waals surface area (Å²) in [5, 5.41) is 5.13. The van der Waals surface area contributed by atoms with Gasteiger partial charge in [-0.05, 0) is 38.8 Å². The van der Waals surface area contributed by atoms with E-state index in [4.69, 9.17) is 9.47 Å². The summed E-state index contributed by atoms with van der Waals surface area (Å²) < 4.78 is 11.7. The highest BCUT2D eigenvalue weighted by atomic mass is 16.5. The lowest BCUT2D eigenvalue weighted by Crippen LogP contribution is -2.47. The molecule has 25 heavy (non-hydrogen) atoms. The smallest absolute Gasteiger partial charge is 0.256 e. The number of rotatable bonds is 6. The Morgan fingerprint density at radius 2 is 1.72 bits per heavy atom. The van der Waals surface area contributed by atoms with Crippen LogP contribution in [-0.2, 0) is 9.53 Å². The molecule has 0 aliphatic heterocycles. The molecule has 0 bridgehead atoms. The molecule has 1 fully saturated rings. The van der Waals surface area contributed by atoms with Crippen molar-refractivity contribution in [3.8, 4) is 5.75 Å². The van der Waals surface area contributed by atoms with Crippen molar-refractivity contribution in [2.24, 2.45) is 0 Å². The van der Waals surface area contributed by atoms with Gasteiger partial charge in [0.05, 0.1) is 6.61 Å². The molecule has 2 aromatic rings. The number of fused-ring (bicyclic) bond motifs is 1. The Bertz CT molecular complexity index is 729. The number of ether oxygens (including phenoxy) is 2. The minimum absolute atomic E-state index is 0.0247. The Labute approximate surface area is 149 Å². The quantitative estimate of drug-likeness (QED) is 0.811. The molecule has 3 rings (SSSR count). The number of hydrogen-bond acceptors (Lipinski definition) is 3. The Balaban J connectivity index is 1.92. The average Bonchev–Trinajstić information content (AvgIpc) is 2.65. The van der Waals surface area contributed by atoms with Crippen LogP contribution in [0.3, 0.4) is 0 Å². The van der Waals surface area contributed by atoms with Crippen molar-refractivity contribution in [2.45, 2.75) is 51.6 Å². The van der Waals surface area contributed by atoms with Crippen LogP contribution in [0.5, 0.6) is 5.75 Å². The highest BCUT2D eigenvalue weighted by Crippen LogP contribution is 2.35. The maximum absolute atomic E-state index is 13.1. The number of carbonyl (C=O) groups is 1. The van der Waals surface area contributed by atoms with E-state index in [9.17, 15) is 4.79 Å². The van der Waals surface area contributed by atoms with Gasteiger partial charge in [-0.1, -0.05) is 43.5 Å². The Morgan fingerprint density at radius 3 is 2.40 bits per heavy atom. The van der Waals surface area contributed by atoms with Gasteiger partial charge in [-0.15, -0.1) is 0 Å². The summed E-state index contributed by atoms with van der Waals surface area (Å²) in [6, 6.07) is 11.9. The predicted octanol–water partition coefficient (Wildman–Crippen LogP) is 4.92. The van der Waals surface area contributed by atoms with Gasteiger partial charge in [0, 0.05) is 23.1 Å². The summed E-state index contributed by atoms with van der Waals surface area (Å²) in [6.45, 7) is 5.09. The third kappa shape index (κ3) is 3.64. The minimum Gasteiger partial charge on any atom is -0.493 e. The number of anilines is 1. The van der Waals surface area contributed by atoms with Gasteiger partial charge < -0.3 is 14.8 Å². The topological polar surface area (TPSA) is 47.6 Å². The summed E-state index contributed by atoms with van der Waals surface area (Å²) in [7, 11) is 0. The molecule has 1 aliphatic rings. The van der Waals surface area contributed by atoms with Crippen molar-refractivity contribution in [1.29, 1.82) is 0 Å². The molecule has 2 aromatic carbocycles. The Hall–Kier alpha value is -2.07. The van der Waals surface area contributed by atoms with Crippen LogP contribution in [0.25, 0.3) is 10.8 Å². The molecule has 1 saturated carbocycles. The van der Waals surface area contributed by atoms with Crippen LogP contribution in [0, 0.1) is 0 Å². The molecule has 134 valence electrons. The lowest BCUT2D eigenvalue weighted by atomic mass is 9.83. The first-order valence-electron chi connectivity index (χ1n) is 9.30. The number of nitrogens with one attached hydrogen (secondary N) is 1. The zero-order valence-corrected chi connectivity index (χ0v) is 15.1. The second-order valence-electron chi connectivity index (χ2n) is 6.53. The fourth-order valence-corrected chi connectivity index (χ4v) is 3.73. The second-order valence-corrected chi connectivity index (χ2v) is 6.53. The lowest BCUT2D eigenvalue weighted by molar-refractivity contribution is -0.145. The van der Waals surface area contributed by atoms with E-state index in [1.807, 2.05) is 50.2 Å². The maximum atomic E-state index is 13.1. The minimum atomic E-state index is -0.688. The first-order valence-corrected chi connectivity index (χ1v) is 9.30. The SMILES string of the molecule is CCOc1ccc(NC(=O)C2(OCC)CCCCC2)c2ccccc12. The molecule has 1 N–H and O–H groups in total. The lowest BCUT2D eigenvalue weighted by Gasteiger charge is -2.35. The van der Waals surface area contributed by atoms with Crippen LogP contribution >= 0.6 is 0 Å². The van der Waals surface area contributed by atoms with E-state index in [0.29, 0.717) is 13.2 Å². The number of hydrogen-bond donors (Lipinski definition) is 1. The van der Waals surface area contributed by atoms with Crippen LogP contribution in [0.1, 0.15) is 46.0 Å². The van der Waals surface area contributed by atoms with E-state index in [-0.39, 0.29) is 5.91 Å². The molecule has 0 atom stereocenters. The normalized spacial score (nSPS) is 16.6. The molecule has 4 nitrogen and oxygen atoms in total. The fourth-order valence-electron chi connectivity index (χ4n) is 3.73.